The lowest BCUT2D eigenvalue weighted by atomic mass is 10.1. The normalized spacial score (nSPS) is 12.8. The molecule has 3 N–H and O–H groups in total. The molecule has 2 nitrogen and oxygen atoms in total. The molecule has 1 rings (SSSR count). The number of benzene rings is 1. The van der Waals surface area contributed by atoms with Gasteiger partial charge in [-0.2, -0.15) is 0 Å². The number of nitrogens with one attached hydrogen (secondary N) is 1. The van der Waals surface area contributed by atoms with E-state index in [4.69, 9.17) is 5.73 Å². The van der Waals surface area contributed by atoms with E-state index in [1.807, 2.05) is 6.92 Å². The molecule has 72 valence electrons. The monoisotopic (exact) mass is 182 g/mol. The Balaban J connectivity index is 2.55. The molecule has 0 aromatic heterocycles. The first-order chi connectivity index (χ1) is 6.24. The predicted molar refractivity (Wildman–Crippen MR) is 51.9 cm³/mol. The van der Waals surface area contributed by atoms with Gasteiger partial charge in [0, 0.05) is 12.6 Å². The van der Waals surface area contributed by atoms with Gasteiger partial charge in [0.25, 0.3) is 0 Å². The molecule has 1 aromatic rings. The summed E-state index contributed by atoms with van der Waals surface area (Å²) in [6, 6.07) is 6.25. The Labute approximate surface area is 77.9 Å². The van der Waals surface area contributed by atoms with Crippen LogP contribution in [0.2, 0.25) is 0 Å². The van der Waals surface area contributed by atoms with E-state index in [1.54, 1.807) is 12.1 Å². The highest BCUT2D eigenvalue weighted by Gasteiger charge is 2.03. The maximum absolute atomic E-state index is 12.5. The average Bonchev–Trinajstić information content (AvgIpc) is 2.15. The van der Waals surface area contributed by atoms with Crippen LogP contribution >= 0.6 is 0 Å². The summed E-state index contributed by atoms with van der Waals surface area (Å²) in [5, 5.41) is 3.14. The molecule has 0 bridgehead atoms. The van der Waals surface area contributed by atoms with Crippen molar-refractivity contribution in [2.45, 2.75) is 13.0 Å². The van der Waals surface area contributed by atoms with Crippen molar-refractivity contribution in [1.29, 1.82) is 0 Å². The van der Waals surface area contributed by atoms with Gasteiger partial charge in [-0.05, 0) is 24.2 Å². The molecule has 1 unspecified atom stereocenters. The zero-order valence-corrected chi connectivity index (χ0v) is 7.76. The van der Waals surface area contributed by atoms with E-state index < -0.39 is 0 Å². The zero-order chi connectivity index (χ0) is 9.68. The third kappa shape index (κ3) is 3.13. The first-order valence-corrected chi connectivity index (χ1v) is 4.45. The highest BCUT2D eigenvalue weighted by atomic mass is 19.1. The fourth-order valence-electron chi connectivity index (χ4n) is 1.13. The van der Waals surface area contributed by atoms with Crippen LogP contribution in [0.1, 0.15) is 18.5 Å². The highest BCUT2D eigenvalue weighted by molar-refractivity contribution is 5.19. The van der Waals surface area contributed by atoms with Gasteiger partial charge in [0.2, 0.25) is 0 Å². The molecule has 0 fully saturated rings. The van der Waals surface area contributed by atoms with Crippen LogP contribution in [0.3, 0.4) is 0 Å². The molecule has 1 aromatic carbocycles. The summed E-state index contributed by atoms with van der Waals surface area (Å²) < 4.78 is 12.5. The van der Waals surface area contributed by atoms with Crippen molar-refractivity contribution in [3.63, 3.8) is 0 Å². The SMILES string of the molecule is CCNCC(N)c1ccc(F)cc1. The van der Waals surface area contributed by atoms with E-state index >= 15 is 0 Å². The molecule has 0 heterocycles. The van der Waals surface area contributed by atoms with E-state index in [0.29, 0.717) is 0 Å². The summed E-state index contributed by atoms with van der Waals surface area (Å²) >= 11 is 0. The molecule has 0 radical (unpaired) electrons. The molecule has 0 aliphatic heterocycles. The second-order valence-electron chi connectivity index (χ2n) is 2.97. The van der Waals surface area contributed by atoms with Crippen molar-refractivity contribution in [2.24, 2.45) is 5.73 Å². The van der Waals surface area contributed by atoms with Crippen molar-refractivity contribution in [3.05, 3.63) is 35.6 Å². The van der Waals surface area contributed by atoms with Gasteiger partial charge in [-0.15, -0.1) is 0 Å². The first kappa shape index (κ1) is 10.2. The van der Waals surface area contributed by atoms with Crippen LogP contribution in [-0.4, -0.2) is 13.1 Å². The van der Waals surface area contributed by atoms with Gasteiger partial charge in [-0.25, -0.2) is 4.39 Å². The Hall–Kier alpha value is -0.930. The number of nitrogens with two attached hydrogens (primary N) is 1. The molecule has 0 saturated heterocycles. The van der Waals surface area contributed by atoms with Crippen molar-refractivity contribution in [3.8, 4) is 0 Å². The minimum absolute atomic E-state index is 0.0550. The van der Waals surface area contributed by atoms with E-state index in [9.17, 15) is 4.39 Å². The van der Waals surface area contributed by atoms with Gasteiger partial charge < -0.3 is 11.1 Å². The fraction of sp³-hybridized carbons (Fsp3) is 0.400. The molecule has 1 atom stereocenters. The summed E-state index contributed by atoms with van der Waals surface area (Å²) in [5.41, 5.74) is 6.81. The van der Waals surface area contributed by atoms with Crippen molar-refractivity contribution in [1.82, 2.24) is 5.32 Å². The Kier molecular flexibility index (Phi) is 3.86. The molecule has 0 aliphatic carbocycles. The summed E-state index contributed by atoms with van der Waals surface area (Å²) in [5.74, 6) is -0.223. The quantitative estimate of drug-likeness (QED) is 0.739. The van der Waals surface area contributed by atoms with Gasteiger partial charge >= 0.3 is 0 Å². The van der Waals surface area contributed by atoms with Crippen LogP contribution in [0, 0.1) is 5.82 Å². The zero-order valence-electron chi connectivity index (χ0n) is 7.76. The van der Waals surface area contributed by atoms with Gasteiger partial charge in [0.05, 0.1) is 0 Å². The molecule has 3 heteroatoms. The lowest BCUT2D eigenvalue weighted by Gasteiger charge is -2.11. The summed E-state index contributed by atoms with van der Waals surface area (Å²) in [6.07, 6.45) is 0. The first-order valence-electron chi connectivity index (χ1n) is 4.45. The number of hydrogen-bond donors (Lipinski definition) is 2. The minimum atomic E-state index is -0.223. The molecule has 0 spiro atoms. The molecular formula is C10H15FN2. The second kappa shape index (κ2) is 4.94. The van der Waals surface area contributed by atoms with Crippen LogP contribution in [0.25, 0.3) is 0 Å². The molecule has 13 heavy (non-hydrogen) atoms. The number of likely N-dealkylation sites (N-methyl/N-ethyl adjacent to an activating group) is 1. The Morgan fingerprint density at radius 3 is 2.54 bits per heavy atom. The summed E-state index contributed by atoms with van der Waals surface area (Å²) in [7, 11) is 0. The van der Waals surface area contributed by atoms with Crippen molar-refractivity contribution < 1.29 is 4.39 Å². The molecular weight excluding hydrogens is 167 g/mol. The average molecular weight is 182 g/mol. The van der Waals surface area contributed by atoms with Crippen LogP contribution in [0.5, 0.6) is 0 Å². The third-order valence-corrected chi connectivity index (χ3v) is 1.91. The van der Waals surface area contributed by atoms with E-state index in [1.165, 1.54) is 12.1 Å². The minimum Gasteiger partial charge on any atom is -0.323 e. The van der Waals surface area contributed by atoms with Crippen LogP contribution in [0.15, 0.2) is 24.3 Å². The Morgan fingerprint density at radius 2 is 2.00 bits per heavy atom. The van der Waals surface area contributed by atoms with E-state index in [0.717, 1.165) is 18.7 Å². The van der Waals surface area contributed by atoms with Crippen molar-refractivity contribution in [2.75, 3.05) is 13.1 Å². The van der Waals surface area contributed by atoms with Gasteiger partial charge in [0.15, 0.2) is 0 Å². The number of rotatable bonds is 4. The predicted octanol–water partition coefficient (Wildman–Crippen LogP) is 1.44. The highest BCUT2D eigenvalue weighted by Crippen LogP contribution is 2.09. The molecule has 0 saturated carbocycles. The fourth-order valence-corrected chi connectivity index (χ4v) is 1.13. The van der Waals surface area contributed by atoms with Crippen LogP contribution in [-0.2, 0) is 0 Å². The number of halogens is 1. The smallest absolute Gasteiger partial charge is 0.123 e. The molecule has 0 aliphatic rings. The standard InChI is InChI=1S/C10H15FN2/c1-2-13-7-10(12)8-3-5-9(11)6-4-8/h3-6,10,13H,2,7,12H2,1H3. The van der Waals surface area contributed by atoms with Gasteiger partial charge in [0.1, 0.15) is 5.82 Å². The third-order valence-electron chi connectivity index (χ3n) is 1.91. The number of hydrogen-bond acceptors (Lipinski definition) is 2. The van der Waals surface area contributed by atoms with Crippen molar-refractivity contribution >= 4 is 0 Å². The summed E-state index contributed by atoms with van der Waals surface area (Å²) in [4.78, 5) is 0. The van der Waals surface area contributed by atoms with Crippen LogP contribution < -0.4 is 11.1 Å². The lowest BCUT2D eigenvalue weighted by Crippen LogP contribution is -2.26. The van der Waals surface area contributed by atoms with Crippen LogP contribution in [0.4, 0.5) is 4.39 Å². The Bertz CT molecular complexity index is 246. The van der Waals surface area contributed by atoms with Gasteiger partial charge in [-0.1, -0.05) is 19.1 Å². The lowest BCUT2D eigenvalue weighted by molar-refractivity contribution is 0.606. The largest absolute Gasteiger partial charge is 0.323 e. The second-order valence-corrected chi connectivity index (χ2v) is 2.97. The Morgan fingerprint density at radius 1 is 1.38 bits per heavy atom. The maximum atomic E-state index is 12.5. The molecule has 0 amide bonds. The van der Waals surface area contributed by atoms with Gasteiger partial charge in [-0.3, -0.25) is 0 Å². The maximum Gasteiger partial charge on any atom is 0.123 e. The topological polar surface area (TPSA) is 38.0 Å². The van der Waals surface area contributed by atoms with E-state index in [2.05, 4.69) is 5.32 Å². The summed E-state index contributed by atoms with van der Waals surface area (Å²) in [6.45, 7) is 3.65. The van der Waals surface area contributed by atoms with E-state index in [-0.39, 0.29) is 11.9 Å².